The van der Waals surface area contributed by atoms with Crippen LogP contribution >= 0.6 is 11.8 Å². The highest BCUT2D eigenvalue weighted by atomic mass is 32.2. The second-order valence-corrected chi connectivity index (χ2v) is 6.75. The molecule has 0 unspecified atom stereocenters. The maximum atomic E-state index is 4.50. The summed E-state index contributed by atoms with van der Waals surface area (Å²) in [7, 11) is 0. The van der Waals surface area contributed by atoms with Crippen molar-refractivity contribution in [3.05, 3.63) is 54.9 Å². The molecule has 2 N–H and O–H groups in total. The van der Waals surface area contributed by atoms with Gasteiger partial charge in [-0.3, -0.25) is 0 Å². The average molecular weight is 334 g/mol. The van der Waals surface area contributed by atoms with Crippen LogP contribution in [0.1, 0.15) is 5.56 Å². The van der Waals surface area contributed by atoms with Crippen LogP contribution in [-0.4, -0.2) is 37.2 Å². The molecule has 5 heterocycles. The van der Waals surface area contributed by atoms with Crippen LogP contribution in [0.5, 0.6) is 0 Å². The van der Waals surface area contributed by atoms with Crippen LogP contribution in [0, 0.1) is 0 Å². The number of H-pyrrole nitrogens is 2. The highest BCUT2D eigenvalue weighted by Gasteiger charge is 2.18. The molecule has 0 saturated heterocycles. The van der Waals surface area contributed by atoms with E-state index in [0.717, 1.165) is 45.7 Å². The van der Waals surface area contributed by atoms with Gasteiger partial charge in [-0.25, -0.2) is 15.0 Å². The molecular formula is C17H14N6S. The summed E-state index contributed by atoms with van der Waals surface area (Å²) in [6, 6.07) is 6.24. The van der Waals surface area contributed by atoms with Gasteiger partial charge in [0.15, 0.2) is 0 Å². The third kappa shape index (κ3) is 2.16. The second-order valence-electron chi connectivity index (χ2n) is 5.61. The summed E-state index contributed by atoms with van der Waals surface area (Å²) in [5.41, 5.74) is 2.92. The van der Waals surface area contributed by atoms with Gasteiger partial charge in [0.2, 0.25) is 0 Å². The Morgan fingerprint density at radius 1 is 1.04 bits per heavy atom. The smallest absolute Gasteiger partial charge is 0.145 e. The summed E-state index contributed by atoms with van der Waals surface area (Å²) in [4.78, 5) is 22.9. The van der Waals surface area contributed by atoms with E-state index < -0.39 is 0 Å². The molecule has 0 bridgehead atoms. The van der Waals surface area contributed by atoms with Crippen molar-refractivity contribution in [3.63, 3.8) is 0 Å². The summed E-state index contributed by atoms with van der Waals surface area (Å²) in [6.07, 6.45) is 9.51. The fraction of sp³-hybridized carbons (Fsp3) is 0.118. The summed E-state index contributed by atoms with van der Waals surface area (Å²) < 4.78 is 0. The quantitative estimate of drug-likeness (QED) is 0.588. The van der Waals surface area contributed by atoms with Crippen molar-refractivity contribution >= 4 is 44.6 Å². The molecule has 1 aliphatic rings. The van der Waals surface area contributed by atoms with Gasteiger partial charge in [0, 0.05) is 52.9 Å². The zero-order valence-electron chi connectivity index (χ0n) is 12.7. The molecule has 5 rings (SSSR count). The monoisotopic (exact) mass is 334 g/mol. The first-order valence-corrected chi connectivity index (χ1v) is 8.70. The van der Waals surface area contributed by atoms with Gasteiger partial charge in [0.25, 0.3) is 0 Å². The first kappa shape index (κ1) is 13.6. The molecule has 0 spiro atoms. The third-order valence-electron chi connectivity index (χ3n) is 4.15. The van der Waals surface area contributed by atoms with E-state index in [1.807, 2.05) is 42.5 Å². The fourth-order valence-corrected chi connectivity index (χ4v) is 3.97. The molecule has 0 atom stereocenters. The molecule has 24 heavy (non-hydrogen) atoms. The highest BCUT2D eigenvalue weighted by Crippen LogP contribution is 2.34. The molecule has 4 aromatic heterocycles. The van der Waals surface area contributed by atoms with E-state index in [1.54, 1.807) is 6.33 Å². The zero-order chi connectivity index (χ0) is 15.9. The maximum Gasteiger partial charge on any atom is 0.145 e. The van der Waals surface area contributed by atoms with Crippen LogP contribution in [-0.2, 0) is 0 Å². The van der Waals surface area contributed by atoms with E-state index in [0.29, 0.717) is 0 Å². The van der Waals surface area contributed by atoms with E-state index in [9.17, 15) is 0 Å². The number of aromatic nitrogens is 5. The van der Waals surface area contributed by atoms with E-state index in [1.165, 1.54) is 4.91 Å². The molecule has 4 aromatic rings. The van der Waals surface area contributed by atoms with Crippen LogP contribution in [0.2, 0.25) is 0 Å². The number of nitrogens with one attached hydrogen (secondary N) is 2. The number of hydrogen-bond donors (Lipinski definition) is 2. The van der Waals surface area contributed by atoms with Crippen LogP contribution in [0.15, 0.2) is 49.3 Å². The van der Waals surface area contributed by atoms with E-state index >= 15 is 0 Å². The Bertz CT molecular complexity index is 1060. The van der Waals surface area contributed by atoms with Crippen molar-refractivity contribution in [1.82, 2.24) is 24.9 Å². The predicted molar refractivity (Wildman–Crippen MR) is 97.8 cm³/mol. The van der Waals surface area contributed by atoms with Crippen molar-refractivity contribution in [1.29, 1.82) is 0 Å². The van der Waals surface area contributed by atoms with Gasteiger partial charge in [-0.2, -0.15) is 0 Å². The topological polar surface area (TPSA) is 73.5 Å². The number of rotatable bonds is 2. The maximum absolute atomic E-state index is 4.50. The Labute approximate surface area is 142 Å². The summed E-state index contributed by atoms with van der Waals surface area (Å²) in [5, 5.41) is 2.17. The average Bonchev–Trinajstić information content (AvgIpc) is 3.29. The lowest BCUT2D eigenvalue weighted by Gasteiger charge is -2.26. The predicted octanol–water partition coefficient (Wildman–Crippen LogP) is 3.39. The number of aromatic amines is 2. The molecule has 1 aliphatic heterocycles. The second kappa shape index (κ2) is 5.38. The molecule has 0 aliphatic carbocycles. The Balaban J connectivity index is 1.58. The fourth-order valence-electron chi connectivity index (χ4n) is 2.98. The minimum absolute atomic E-state index is 0.864. The van der Waals surface area contributed by atoms with Gasteiger partial charge in [-0.15, -0.1) is 11.8 Å². The lowest BCUT2D eigenvalue weighted by Crippen LogP contribution is -2.24. The number of hydrogen-bond acceptors (Lipinski definition) is 5. The molecule has 6 nitrogen and oxygen atoms in total. The Morgan fingerprint density at radius 3 is 2.96 bits per heavy atom. The van der Waals surface area contributed by atoms with Gasteiger partial charge in [0.05, 0.1) is 5.39 Å². The van der Waals surface area contributed by atoms with Crippen molar-refractivity contribution in [2.75, 3.05) is 17.2 Å². The first-order chi connectivity index (χ1) is 11.9. The minimum Gasteiger partial charge on any atom is -0.346 e. The number of fused-ring (bicyclic) bond motifs is 2. The normalized spacial score (nSPS) is 15.2. The third-order valence-corrected chi connectivity index (χ3v) is 5.19. The number of thioether (sulfide) groups is 1. The molecule has 0 fully saturated rings. The summed E-state index contributed by atoms with van der Waals surface area (Å²) in [5.74, 6) is 1.95. The lowest BCUT2D eigenvalue weighted by atomic mass is 10.2. The molecule has 0 saturated carbocycles. The minimum atomic E-state index is 0.864. The van der Waals surface area contributed by atoms with Crippen LogP contribution in [0.25, 0.3) is 27.0 Å². The van der Waals surface area contributed by atoms with Crippen molar-refractivity contribution in [2.45, 2.75) is 0 Å². The molecular weight excluding hydrogens is 320 g/mol. The number of anilines is 1. The van der Waals surface area contributed by atoms with Crippen LogP contribution < -0.4 is 4.90 Å². The Kier molecular flexibility index (Phi) is 3.05. The Morgan fingerprint density at radius 2 is 1.96 bits per heavy atom. The molecule has 0 amide bonds. The highest BCUT2D eigenvalue weighted by molar-refractivity contribution is 8.08. The largest absolute Gasteiger partial charge is 0.346 e. The molecule has 0 radical (unpaired) electrons. The standard InChI is InChI=1S/C17H14N6S/c1-3-18-15-11(1)7-12(8-20-15)14-9-23(5-6-24-14)17-13-2-4-19-16(13)21-10-22-17/h1-4,7-10H,5-6H2,(H,18,20)(H,19,21,22). The Hall–Kier alpha value is -2.80. The van der Waals surface area contributed by atoms with Crippen LogP contribution in [0.3, 0.4) is 0 Å². The van der Waals surface area contributed by atoms with Gasteiger partial charge in [0.1, 0.15) is 23.4 Å². The molecule has 118 valence electrons. The summed E-state index contributed by atoms with van der Waals surface area (Å²) in [6.45, 7) is 0.922. The van der Waals surface area contributed by atoms with Crippen molar-refractivity contribution in [2.24, 2.45) is 0 Å². The first-order valence-electron chi connectivity index (χ1n) is 7.71. The van der Waals surface area contributed by atoms with Crippen molar-refractivity contribution in [3.8, 4) is 0 Å². The number of nitrogens with zero attached hydrogens (tertiary/aromatic N) is 4. The van der Waals surface area contributed by atoms with Gasteiger partial charge in [-0.1, -0.05) is 0 Å². The van der Waals surface area contributed by atoms with E-state index in [4.69, 9.17) is 0 Å². The SMILES string of the molecule is C1=C(c2cnc3[nH]ccc3c2)SCCN1c1ncnc2[nH]ccc12. The van der Waals surface area contributed by atoms with Gasteiger partial charge >= 0.3 is 0 Å². The lowest BCUT2D eigenvalue weighted by molar-refractivity contribution is 0.988. The van der Waals surface area contributed by atoms with Crippen LogP contribution in [0.4, 0.5) is 5.82 Å². The zero-order valence-corrected chi connectivity index (χ0v) is 13.5. The van der Waals surface area contributed by atoms with E-state index in [-0.39, 0.29) is 0 Å². The number of pyridine rings is 1. The molecule has 7 heteroatoms. The van der Waals surface area contributed by atoms with E-state index in [2.05, 4.69) is 42.1 Å². The summed E-state index contributed by atoms with van der Waals surface area (Å²) >= 11 is 1.85. The van der Waals surface area contributed by atoms with Gasteiger partial charge in [-0.05, 0) is 18.2 Å². The van der Waals surface area contributed by atoms with Gasteiger partial charge < -0.3 is 14.9 Å². The van der Waals surface area contributed by atoms with Crippen molar-refractivity contribution < 1.29 is 0 Å². The molecule has 0 aromatic carbocycles.